The predicted molar refractivity (Wildman–Crippen MR) is 69.7 cm³/mol. The van der Waals surface area contributed by atoms with Crippen LogP contribution in [-0.2, 0) is 0 Å². The lowest BCUT2D eigenvalue weighted by Gasteiger charge is -1.90. The molecule has 80 valence electrons. The van der Waals surface area contributed by atoms with Crippen molar-refractivity contribution in [2.45, 2.75) is 27.7 Å². The molecular weight excluding hydrogens is 200 g/mol. The molecule has 0 aliphatic rings. The molecule has 0 saturated carbocycles. The molecule has 15 heavy (non-hydrogen) atoms. The minimum atomic E-state index is 1.33. The summed E-state index contributed by atoms with van der Waals surface area (Å²) < 4.78 is 0. The van der Waals surface area contributed by atoms with Gasteiger partial charge in [-0.2, -0.15) is 0 Å². The lowest BCUT2D eigenvalue weighted by atomic mass is 10.2. The van der Waals surface area contributed by atoms with Crippen molar-refractivity contribution >= 4 is 11.3 Å². The first-order chi connectivity index (χ1) is 7.08. The second-order valence-corrected chi connectivity index (χ2v) is 5.30. The summed E-state index contributed by atoms with van der Waals surface area (Å²) >= 11 is 1.84. The van der Waals surface area contributed by atoms with Crippen LogP contribution in [0.25, 0.3) is 0 Å². The first-order valence-corrected chi connectivity index (χ1v) is 5.96. The molecule has 0 saturated heterocycles. The molecular formula is C14H18S. The Morgan fingerprint density at radius 2 is 0.933 bits per heavy atom. The number of benzene rings is 1. The van der Waals surface area contributed by atoms with Gasteiger partial charge in [0.05, 0.1) is 0 Å². The summed E-state index contributed by atoms with van der Waals surface area (Å²) in [7, 11) is 0. The smallest absolute Gasteiger partial charge is 0.00170 e. The Kier molecular flexibility index (Phi) is 4.57. The van der Waals surface area contributed by atoms with E-state index in [9.17, 15) is 0 Å². The average molecular weight is 218 g/mol. The van der Waals surface area contributed by atoms with E-state index >= 15 is 0 Å². The van der Waals surface area contributed by atoms with E-state index in [-0.39, 0.29) is 0 Å². The van der Waals surface area contributed by atoms with Crippen LogP contribution in [0.1, 0.15) is 20.9 Å². The molecule has 1 aromatic heterocycles. The van der Waals surface area contributed by atoms with E-state index in [0.717, 1.165) is 0 Å². The van der Waals surface area contributed by atoms with Crippen molar-refractivity contribution in [3.63, 3.8) is 0 Å². The average Bonchev–Trinajstić information content (AvgIpc) is 2.56. The zero-order valence-electron chi connectivity index (χ0n) is 9.87. The summed E-state index contributed by atoms with van der Waals surface area (Å²) in [5.74, 6) is 0. The maximum absolute atomic E-state index is 2.14. The van der Waals surface area contributed by atoms with E-state index in [2.05, 4.69) is 64.1 Å². The monoisotopic (exact) mass is 218 g/mol. The van der Waals surface area contributed by atoms with Crippen LogP contribution in [0.3, 0.4) is 0 Å². The summed E-state index contributed by atoms with van der Waals surface area (Å²) in [6.07, 6.45) is 0. The summed E-state index contributed by atoms with van der Waals surface area (Å²) in [6, 6.07) is 12.8. The summed E-state index contributed by atoms with van der Waals surface area (Å²) in [5, 5.41) is 0. The lowest BCUT2D eigenvalue weighted by Crippen LogP contribution is -1.70. The Morgan fingerprint density at radius 1 is 0.600 bits per heavy atom. The number of rotatable bonds is 0. The normalized spacial score (nSPS) is 9.33. The van der Waals surface area contributed by atoms with Crippen LogP contribution in [0.5, 0.6) is 0 Å². The van der Waals surface area contributed by atoms with Crippen molar-refractivity contribution in [3.05, 3.63) is 57.3 Å². The highest BCUT2D eigenvalue weighted by Gasteiger charge is 1.84. The topological polar surface area (TPSA) is 0 Å². The van der Waals surface area contributed by atoms with E-state index in [0.29, 0.717) is 0 Å². The van der Waals surface area contributed by atoms with Gasteiger partial charge in [-0.05, 0) is 39.8 Å². The Bertz CT molecular complexity index is 358. The van der Waals surface area contributed by atoms with Gasteiger partial charge in [0.15, 0.2) is 0 Å². The highest BCUT2D eigenvalue weighted by Crippen LogP contribution is 2.12. The van der Waals surface area contributed by atoms with Gasteiger partial charge in [-0.25, -0.2) is 0 Å². The van der Waals surface area contributed by atoms with Gasteiger partial charge in [0.2, 0.25) is 0 Å². The molecule has 0 bridgehead atoms. The fraction of sp³-hybridized carbons (Fsp3) is 0.286. The standard InChI is InChI=1S/C8H10.C6H8S/c1-7-3-5-8(2)6-4-7;1-5-3-4-6(2)7-5/h3-6H,1-2H3;3-4H,1-2H3. The maximum Gasteiger partial charge on any atom is 0.00170 e. The van der Waals surface area contributed by atoms with Crippen LogP contribution in [0.4, 0.5) is 0 Å². The lowest BCUT2D eigenvalue weighted by molar-refractivity contribution is 1.40. The number of hydrogen-bond acceptors (Lipinski definition) is 1. The molecule has 0 nitrogen and oxygen atoms in total. The highest BCUT2D eigenvalue weighted by molar-refractivity contribution is 7.11. The molecule has 1 heterocycles. The van der Waals surface area contributed by atoms with Crippen LogP contribution < -0.4 is 0 Å². The molecule has 0 aliphatic heterocycles. The van der Waals surface area contributed by atoms with Crippen molar-refractivity contribution in [2.24, 2.45) is 0 Å². The van der Waals surface area contributed by atoms with Gasteiger partial charge >= 0.3 is 0 Å². The molecule has 0 aliphatic carbocycles. The minimum absolute atomic E-state index is 1.33. The molecule has 1 heteroatoms. The summed E-state index contributed by atoms with van der Waals surface area (Å²) in [6.45, 7) is 8.44. The largest absolute Gasteiger partial charge is 0.146 e. The maximum atomic E-state index is 2.14. The van der Waals surface area contributed by atoms with E-state index in [4.69, 9.17) is 0 Å². The third-order valence-corrected chi connectivity index (χ3v) is 3.01. The molecule has 0 atom stereocenters. The van der Waals surface area contributed by atoms with Crippen LogP contribution in [0, 0.1) is 27.7 Å². The Labute approximate surface area is 96.6 Å². The summed E-state index contributed by atoms with van der Waals surface area (Å²) in [4.78, 5) is 2.80. The first-order valence-electron chi connectivity index (χ1n) is 5.14. The minimum Gasteiger partial charge on any atom is -0.146 e. The van der Waals surface area contributed by atoms with Gasteiger partial charge in [0.25, 0.3) is 0 Å². The molecule has 0 unspecified atom stereocenters. The number of thiophene rings is 1. The van der Waals surface area contributed by atoms with Gasteiger partial charge in [0.1, 0.15) is 0 Å². The van der Waals surface area contributed by atoms with E-state index in [1.54, 1.807) is 0 Å². The van der Waals surface area contributed by atoms with Crippen LogP contribution >= 0.6 is 11.3 Å². The molecule has 1 aromatic carbocycles. The first kappa shape index (κ1) is 12.0. The van der Waals surface area contributed by atoms with E-state index in [1.165, 1.54) is 20.9 Å². The second-order valence-electron chi connectivity index (χ2n) is 3.81. The molecule has 2 aromatic rings. The van der Waals surface area contributed by atoms with Crippen molar-refractivity contribution in [3.8, 4) is 0 Å². The SMILES string of the molecule is Cc1ccc(C)cc1.Cc1ccc(C)s1. The quantitative estimate of drug-likeness (QED) is 0.603. The molecule has 0 spiro atoms. The van der Waals surface area contributed by atoms with Gasteiger partial charge < -0.3 is 0 Å². The Balaban J connectivity index is 0.000000151. The van der Waals surface area contributed by atoms with Gasteiger partial charge in [-0.3, -0.25) is 0 Å². The van der Waals surface area contributed by atoms with E-state index < -0.39 is 0 Å². The number of aryl methyl sites for hydroxylation is 4. The van der Waals surface area contributed by atoms with Gasteiger partial charge in [-0.1, -0.05) is 35.4 Å². The zero-order chi connectivity index (χ0) is 11.3. The molecule has 0 fully saturated rings. The van der Waals surface area contributed by atoms with Crippen molar-refractivity contribution in [1.29, 1.82) is 0 Å². The van der Waals surface area contributed by atoms with Gasteiger partial charge in [-0.15, -0.1) is 11.3 Å². The van der Waals surface area contributed by atoms with Crippen molar-refractivity contribution in [1.82, 2.24) is 0 Å². The van der Waals surface area contributed by atoms with Crippen LogP contribution in [0.2, 0.25) is 0 Å². The third-order valence-electron chi connectivity index (χ3n) is 2.09. The zero-order valence-corrected chi connectivity index (χ0v) is 10.7. The van der Waals surface area contributed by atoms with E-state index in [1.807, 2.05) is 11.3 Å². The molecule has 0 amide bonds. The fourth-order valence-corrected chi connectivity index (χ4v) is 1.97. The summed E-state index contributed by atoms with van der Waals surface area (Å²) in [5.41, 5.74) is 2.66. The number of hydrogen-bond donors (Lipinski definition) is 0. The predicted octanol–water partition coefficient (Wildman–Crippen LogP) is 4.67. The Hall–Kier alpha value is -1.08. The molecule has 2 rings (SSSR count). The highest BCUT2D eigenvalue weighted by atomic mass is 32.1. The van der Waals surface area contributed by atoms with Crippen molar-refractivity contribution in [2.75, 3.05) is 0 Å². The van der Waals surface area contributed by atoms with Gasteiger partial charge in [0, 0.05) is 9.75 Å². The van der Waals surface area contributed by atoms with Crippen LogP contribution in [0.15, 0.2) is 36.4 Å². The van der Waals surface area contributed by atoms with Crippen molar-refractivity contribution < 1.29 is 0 Å². The fourth-order valence-electron chi connectivity index (χ4n) is 1.19. The second kappa shape index (κ2) is 5.72. The molecule has 0 radical (unpaired) electrons. The molecule has 0 N–H and O–H groups in total. The Morgan fingerprint density at radius 3 is 1.13 bits per heavy atom. The third kappa shape index (κ3) is 4.80. The van der Waals surface area contributed by atoms with Crippen LogP contribution in [-0.4, -0.2) is 0 Å².